The van der Waals surface area contributed by atoms with Gasteiger partial charge in [-0.3, -0.25) is 4.79 Å². The Kier molecular flexibility index (Phi) is 3.31. The van der Waals surface area contributed by atoms with Gasteiger partial charge in [-0.25, -0.2) is 0 Å². The van der Waals surface area contributed by atoms with E-state index in [9.17, 15) is 4.79 Å². The summed E-state index contributed by atoms with van der Waals surface area (Å²) < 4.78 is 0.842. The molecule has 1 amide bonds. The summed E-state index contributed by atoms with van der Waals surface area (Å²) in [5, 5.41) is 6.69. The molecule has 1 aliphatic heterocycles. The summed E-state index contributed by atoms with van der Waals surface area (Å²) in [6.07, 6.45) is 0.379. The fourth-order valence-corrected chi connectivity index (χ4v) is 2.92. The van der Waals surface area contributed by atoms with Crippen LogP contribution in [0.1, 0.15) is 5.56 Å². The molecule has 2 aromatic carbocycles. The van der Waals surface area contributed by atoms with Crippen molar-refractivity contribution in [2.24, 2.45) is 0 Å². The van der Waals surface area contributed by atoms with Gasteiger partial charge in [-0.05, 0) is 51.8 Å². The highest BCUT2D eigenvalue weighted by atomic mass is 79.9. The lowest BCUT2D eigenvalue weighted by Crippen LogP contribution is -2.03. The van der Waals surface area contributed by atoms with E-state index in [1.54, 1.807) is 12.1 Å². The van der Waals surface area contributed by atoms with Gasteiger partial charge in [0.15, 0.2) is 0 Å². The summed E-state index contributed by atoms with van der Waals surface area (Å²) in [5.41, 5.74) is 9.95. The highest BCUT2D eigenvalue weighted by Gasteiger charge is 2.19. The number of hydrogen-bond donors (Lipinski definition) is 3. The summed E-state index contributed by atoms with van der Waals surface area (Å²) in [5.74, 6) is -0.00998. The predicted octanol–water partition coefficient (Wildman–Crippen LogP) is 3.92. The predicted molar refractivity (Wildman–Crippen MR) is 85.6 cm³/mol. The number of anilines is 4. The first-order valence-electron chi connectivity index (χ1n) is 5.97. The number of amides is 1. The molecule has 0 saturated carbocycles. The third kappa shape index (κ3) is 2.46. The van der Waals surface area contributed by atoms with Crippen molar-refractivity contribution in [3.8, 4) is 0 Å². The maximum absolute atomic E-state index is 11.4. The van der Waals surface area contributed by atoms with Crippen molar-refractivity contribution in [3.05, 3.63) is 45.4 Å². The van der Waals surface area contributed by atoms with Crippen LogP contribution in [-0.2, 0) is 11.2 Å². The van der Waals surface area contributed by atoms with Gasteiger partial charge >= 0.3 is 0 Å². The highest BCUT2D eigenvalue weighted by Crippen LogP contribution is 2.35. The quantitative estimate of drug-likeness (QED) is 0.718. The second-order valence-corrected chi connectivity index (χ2v) is 5.86. The average molecular weight is 353 g/mol. The van der Waals surface area contributed by atoms with Gasteiger partial charge < -0.3 is 16.4 Å². The Morgan fingerprint density at radius 3 is 2.80 bits per heavy atom. The van der Waals surface area contributed by atoms with Crippen molar-refractivity contribution in [2.45, 2.75) is 6.42 Å². The Morgan fingerprint density at radius 2 is 2.05 bits per heavy atom. The fraction of sp³-hybridized carbons (Fsp3) is 0.0714. The van der Waals surface area contributed by atoms with E-state index in [1.807, 2.05) is 18.2 Å². The summed E-state index contributed by atoms with van der Waals surface area (Å²) in [6, 6.07) is 9.11. The Balaban J connectivity index is 1.95. The van der Waals surface area contributed by atoms with Crippen LogP contribution in [0.4, 0.5) is 22.7 Å². The zero-order valence-electron chi connectivity index (χ0n) is 10.3. The number of nitrogen functional groups attached to an aromatic ring is 1. The van der Waals surface area contributed by atoms with Crippen LogP contribution in [0.5, 0.6) is 0 Å². The van der Waals surface area contributed by atoms with E-state index >= 15 is 0 Å². The van der Waals surface area contributed by atoms with Gasteiger partial charge in [0, 0.05) is 15.2 Å². The third-order valence-corrected chi connectivity index (χ3v) is 3.99. The Bertz CT molecular complexity index is 718. The van der Waals surface area contributed by atoms with Gasteiger partial charge in [0.05, 0.1) is 23.5 Å². The standard InChI is InChI=1S/C14H11BrClN3O/c15-9-5-8(16)1-2-11(9)18-13-6-12-7(3-10(13)17)4-14(20)19-12/h1-3,5-6,18H,4,17H2,(H,19,20). The Morgan fingerprint density at radius 1 is 1.25 bits per heavy atom. The molecule has 102 valence electrons. The van der Waals surface area contributed by atoms with Crippen LogP contribution in [0.25, 0.3) is 0 Å². The van der Waals surface area contributed by atoms with Crippen molar-refractivity contribution in [1.29, 1.82) is 0 Å². The number of nitrogens with one attached hydrogen (secondary N) is 2. The zero-order valence-corrected chi connectivity index (χ0v) is 12.7. The monoisotopic (exact) mass is 351 g/mol. The summed E-state index contributed by atoms with van der Waals surface area (Å²) in [7, 11) is 0. The second kappa shape index (κ2) is 5.00. The molecule has 0 saturated heterocycles. The third-order valence-electron chi connectivity index (χ3n) is 3.10. The van der Waals surface area contributed by atoms with E-state index in [1.165, 1.54) is 0 Å². The fourth-order valence-electron chi connectivity index (χ4n) is 2.14. The molecule has 4 N–H and O–H groups in total. The van der Waals surface area contributed by atoms with Crippen LogP contribution in [0.2, 0.25) is 5.02 Å². The van der Waals surface area contributed by atoms with Gasteiger partial charge in [-0.1, -0.05) is 11.6 Å². The second-order valence-electron chi connectivity index (χ2n) is 4.57. The molecule has 0 spiro atoms. The minimum absolute atomic E-state index is 0.00998. The number of nitrogens with two attached hydrogens (primary N) is 1. The van der Waals surface area contributed by atoms with Gasteiger partial charge in [0.2, 0.25) is 5.91 Å². The molecule has 0 bridgehead atoms. The molecule has 0 radical (unpaired) electrons. The molecule has 2 aromatic rings. The molecular formula is C14H11BrClN3O. The molecule has 0 fully saturated rings. The molecule has 0 aliphatic carbocycles. The van der Waals surface area contributed by atoms with E-state index in [4.69, 9.17) is 17.3 Å². The maximum Gasteiger partial charge on any atom is 0.228 e. The normalized spacial score (nSPS) is 13.0. The number of rotatable bonds is 2. The van der Waals surface area contributed by atoms with Crippen LogP contribution in [0, 0.1) is 0 Å². The lowest BCUT2D eigenvalue weighted by molar-refractivity contribution is -0.115. The van der Waals surface area contributed by atoms with E-state index in [0.717, 1.165) is 27.1 Å². The van der Waals surface area contributed by atoms with Crippen molar-refractivity contribution in [3.63, 3.8) is 0 Å². The Labute approximate surface area is 129 Å². The van der Waals surface area contributed by atoms with Crippen LogP contribution in [0.3, 0.4) is 0 Å². The Hall–Kier alpha value is -1.72. The van der Waals surface area contributed by atoms with Gasteiger partial charge in [0.25, 0.3) is 0 Å². The van der Waals surface area contributed by atoms with Crippen molar-refractivity contribution in [1.82, 2.24) is 0 Å². The van der Waals surface area contributed by atoms with Crippen LogP contribution in [-0.4, -0.2) is 5.91 Å². The number of carbonyl (C=O) groups is 1. The van der Waals surface area contributed by atoms with E-state index in [2.05, 4.69) is 26.6 Å². The first-order chi connectivity index (χ1) is 9.52. The van der Waals surface area contributed by atoms with Gasteiger partial charge in [-0.2, -0.15) is 0 Å². The van der Waals surface area contributed by atoms with Crippen LogP contribution < -0.4 is 16.4 Å². The van der Waals surface area contributed by atoms with Crippen molar-refractivity contribution in [2.75, 3.05) is 16.4 Å². The van der Waals surface area contributed by atoms with E-state index < -0.39 is 0 Å². The SMILES string of the molecule is Nc1cc2c(cc1Nc1ccc(Cl)cc1Br)NC(=O)C2. The number of fused-ring (bicyclic) bond motifs is 1. The summed E-state index contributed by atoms with van der Waals surface area (Å²) >= 11 is 9.36. The number of hydrogen-bond acceptors (Lipinski definition) is 3. The van der Waals surface area contributed by atoms with Gasteiger partial charge in [0.1, 0.15) is 0 Å². The lowest BCUT2D eigenvalue weighted by atomic mass is 10.1. The van der Waals surface area contributed by atoms with E-state index in [0.29, 0.717) is 17.1 Å². The number of benzene rings is 2. The molecule has 20 heavy (non-hydrogen) atoms. The highest BCUT2D eigenvalue weighted by molar-refractivity contribution is 9.10. The largest absolute Gasteiger partial charge is 0.397 e. The van der Waals surface area contributed by atoms with Crippen molar-refractivity contribution < 1.29 is 4.79 Å². The van der Waals surface area contributed by atoms with Crippen LogP contribution in [0.15, 0.2) is 34.8 Å². The molecule has 0 aromatic heterocycles. The maximum atomic E-state index is 11.4. The number of halogens is 2. The molecule has 1 aliphatic rings. The molecule has 0 unspecified atom stereocenters. The zero-order chi connectivity index (χ0) is 14.3. The van der Waals surface area contributed by atoms with Gasteiger partial charge in [-0.15, -0.1) is 0 Å². The smallest absolute Gasteiger partial charge is 0.228 e. The van der Waals surface area contributed by atoms with Crippen LogP contribution >= 0.6 is 27.5 Å². The van der Waals surface area contributed by atoms with E-state index in [-0.39, 0.29) is 5.91 Å². The molecule has 0 atom stereocenters. The molecule has 3 rings (SSSR count). The topological polar surface area (TPSA) is 67.2 Å². The molecule has 1 heterocycles. The molecule has 4 nitrogen and oxygen atoms in total. The number of carbonyl (C=O) groups excluding carboxylic acids is 1. The minimum Gasteiger partial charge on any atom is -0.397 e. The minimum atomic E-state index is -0.00998. The van der Waals surface area contributed by atoms with Crippen molar-refractivity contribution >= 4 is 56.2 Å². The lowest BCUT2D eigenvalue weighted by Gasteiger charge is -2.13. The average Bonchev–Trinajstić information content (AvgIpc) is 2.72. The summed E-state index contributed by atoms with van der Waals surface area (Å²) in [6.45, 7) is 0. The molecule has 6 heteroatoms. The molecular weight excluding hydrogens is 342 g/mol. The first-order valence-corrected chi connectivity index (χ1v) is 7.14. The summed E-state index contributed by atoms with van der Waals surface area (Å²) in [4.78, 5) is 11.4. The first kappa shape index (κ1) is 13.3.